The van der Waals surface area contributed by atoms with Crippen molar-refractivity contribution in [3.8, 4) is 5.75 Å². The van der Waals surface area contributed by atoms with Crippen LogP contribution in [0.15, 0.2) is 12.1 Å². The van der Waals surface area contributed by atoms with Crippen molar-refractivity contribution in [2.24, 2.45) is 0 Å². The van der Waals surface area contributed by atoms with E-state index < -0.39 is 30.4 Å². The summed E-state index contributed by atoms with van der Waals surface area (Å²) in [4.78, 5) is 0. The molecular formula is C14H15F5O2. The first kappa shape index (κ1) is 16.0. The Kier molecular flexibility index (Phi) is 4.15. The maximum absolute atomic E-state index is 13.1. The molecule has 0 amide bonds. The van der Waals surface area contributed by atoms with Crippen molar-refractivity contribution < 1.29 is 31.8 Å². The minimum Gasteiger partial charge on any atom is -0.487 e. The zero-order valence-electron chi connectivity index (χ0n) is 11.3. The average molecular weight is 310 g/mol. The van der Waals surface area contributed by atoms with Crippen molar-refractivity contribution in [3.05, 3.63) is 28.8 Å². The van der Waals surface area contributed by atoms with Crippen LogP contribution in [0.3, 0.4) is 0 Å². The summed E-state index contributed by atoms with van der Waals surface area (Å²) < 4.78 is 68.6. The van der Waals surface area contributed by atoms with Gasteiger partial charge in [0.15, 0.2) is 0 Å². The van der Waals surface area contributed by atoms with Crippen LogP contribution in [-0.4, -0.2) is 18.1 Å². The van der Waals surface area contributed by atoms with Crippen molar-refractivity contribution in [2.75, 3.05) is 6.61 Å². The van der Waals surface area contributed by atoms with Gasteiger partial charge in [0, 0.05) is 11.1 Å². The molecule has 0 radical (unpaired) electrons. The highest BCUT2D eigenvalue weighted by atomic mass is 19.4. The smallest absolute Gasteiger partial charge is 0.416 e. The molecule has 2 rings (SSSR count). The summed E-state index contributed by atoms with van der Waals surface area (Å²) in [5.41, 5.74) is -2.58. The molecule has 0 saturated carbocycles. The first-order chi connectivity index (χ1) is 9.69. The van der Waals surface area contributed by atoms with Gasteiger partial charge in [-0.05, 0) is 31.4 Å². The van der Waals surface area contributed by atoms with Gasteiger partial charge in [-0.3, -0.25) is 0 Å². The molecule has 118 valence electrons. The number of fused-ring (bicyclic) bond motifs is 1. The normalized spacial score (nSPS) is 21.7. The molecule has 1 N–H and O–H groups in total. The Hall–Kier alpha value is -1.37. The highest BCUT2D eigenvalue weighted by Gasteiger charge is 2.45. The van der Waals surface area contributed by atoms with Crippen LogP contribution in [0.2, 0.25) is 0 Å². The standard InChI is InChI=1S/C14H15F5O2/c1-2-13(20)6-5-8-10(21-7-11(15)16)4-3-9(12(8)13)14(17,18)19/h3-4,11,20H,2,5-7H2,1H3. The van der Waals surface area contributed by atoms with Gasteiger partial charge in [0.1, 0.15) is 12.4 Å². The molecule has 0 saturated heterocycles. The molecule has 0 fully saturated rings. The number of ether oxygens (including phenoxy) is 1. The lowest BCUT2D eigenvalue weighted by atomic mass is 9.89. The van der Waals surface area contributed by atoms with Crippen LogP contribution in [0.1, 0.15) is 36.5 Å². The molecule has 1 aromatic carbocycles. The fourth-order valence-electron chi connectivity index (χ4n) is 2.74. The Morgan fingerprint density at radius 3 is 2.52 bits per heavy atom. The zero-order valence-corrected chi connectivity index (χ0v) is 11.3. The van der Waals surface area contributed by atoms with E-state index in [2.05, 4.69) is 0 Å². The quantitative estimate of drug-likeness (QED) is 0.855. The lowest BCUT2D eigenvalue weighted by Gasteiger charge is -2.26. The van der Waals surface area contributed by atoms with Crippen LogP contribution in [0, 0.1) is 0 Å². The van der Waals surface area contributed by atoms with E-state index in [1.165, 1.54) is 0 Å². The summed E-state index contributed by atoms with van der Waals surface area (Å²) >= 11 is 0. The van der Waals surface area contributed by atoms with Crippen molar-refractivity contribution in [3.63, 3.8) is 0 Å². The Labute approximate surface area is 118 Å². The van der Waals surface area contributed by atoms with Gasteiger partial charge in [0.2, 0.25) is 0 Å². The van der Waals surface area contributed by atoms with Crippen molar-refractivity contribution in [2.45, 2.75) is 44.4 Å². The second-order valence-corrected chi connectivity index (χ2v) is 5.05. The highest BCUT2D eigenvalue weighted by Crippen LogP contribution is 2.49. The topological polar surface area (TPSA) is 29.5 Å². The van der Waals surface area contributed by atoms with Crippen LogP contribution < -0.4 is 4.74 Å². The second kappa shape index (κ2) is 5.44. The minimum atomic E-state index is -4.61. The van der Waals surface area contributed by atoms with Crippen LogP contribution >= 0.6 is 0 Å². The third-order valence-corrected chi connectivity index (χ3v) is 3.78. The molecule has 1 unspecified atom stereocenters. The molecule has 1 aliphatic carbocycles. The van der Waals surface area contributed by atoms with Gasteiger partial charge in [-0.1, -0.05) is 6.92 Å². The van der Waals surface area contributed by atoms with Crippen LogP contribution in [-0.2, 0) is 18.2 Å². The molecule has 0 aromatic heterocycles. The Bertz CT molecular complexity index is 527. The number of hydrogen-bond acceptors (Lipinski definition) is 2. The van der Waals surface area contributed by atoms with Crippen molar-refractivity contribution in [1.29, 1.82) is 0 Å². The Morgan fingerprint density at radius 2 is 2.00 bits per heavy atom. The average Bonchev–Trinajstić information content (AvgIpc) is 2.74. The predicted octanol–water partition coefficient (Wildman–Crippen LogP) is 3.89. The lowest BCUT2D eigenvalue weighted by molar-refractivity contribution is -0.140. The molecule has 7 heteroatoms. The van der Waals surface area contributed by atoms with Gasteiger partial charge in [-0.15, -0.1) is 0 Å². The minimum absolute atomic E-state index is 0.0114. The second-order valence-electron chi connectivity index (χ2n) is 5.05. The summed E-state index contributed by atoms with van der Waals surface area (Å²) in [6.45, 7) is 0.699. The number of aliphatic hydroxyl groups is 1. The number of alkyl halides is 5. The van der Waals surface area contributed by atoms with E-state index in [0.717, 1.165) is 12.1 Å². The first-order valence-corrected chi connectivity index (χ1v) is 6.56. The molecule has 0 spiro atoms. The number of rotatable bonds is 4. The summed E-state index contributed by atoms with van der Waals surface area (Å²) in [5, 5.41) is 10.4. The van der Waals surface area contributed by atoms with Gasteiger partial charge in [-0.25, -0.2) is 8.78 Å². The van der Waals surface area contributed by atoms with Gasteiger partial charge in [0.25, 0.3) is 6.43 Å². The van der Waals surface area contributed by atoms with Crippen molar-refractivity contribution >= 4 is 0 Å². The van der Waals surface area contributed by atoms with Gasteiger partial charge in [0.05, 0.1) is 11.2 Å². The number of halogens is 5. The van der Waals surface area contributed by atoms with Crippen LogP contribution in [0.4, 0.5) is 22.0 Å². The largest absolute Gasteiger partial charge is 0.487 e. The molecule has 0 heterocycles. The molecule has 0 aliphatic heterocycles. The molecular weight excluding hydrogens is 295 g/mol. The highest BCUT2D eigenvalue weighted by molar-refractivity contribution is 5.52. The summed E-state index contributed by atoms with van der Waals surface area (Å²) in [6, 6.07) is 1.83. The molecule has 0 bridgehead atoms. The van der Waals surface area contributed by atoms with Crippen LogP contribution in [0.25, 0.3) is 0 Å². The zero-order chi connectivity index (χ0) is 15.8. The Balaban J connectivity index is 2.52. The van der Waals surface area contributed by atoms with E-state index in [4.69, 9.17) is 4.74 Å². The van der Waals surface area contributed by atoms with E-state index in [0.29, 0.717) is 0 Å². The summed E-state index contributed by atoms with van der Waals surface area (Å²) in [7, 11) is 0. The predicted molar refractivity (Wildman–Crippen MR) is 65.5 cm³/mol. The molecule has 1 atom stereocenters. The third kappa shape index (κ3) is 2.97. The maximum atomic E-state index is 13.1. The van der Waals surface area contributed by atoms with Gasteiger partial charge in [-0.2, -0.15) is 13.2 Å². The van der Waals surface area contributed by atoms with Gasteiger partial charge < -0.3 is 9.84 Å². The SMILES string of the molecule is CCC1(O)CCc2c(OCC(F)F)ccc(C(F)(F)F)c21. The maximum Gasteiger partial charge on any atom is 0.416 e. The molecule has 2 nitrogen and oxygen atoms in total. The van der Waals surface area contributed by atoms with E-state index in [1.807, 2.05) is 0 Å². The first-order valence-electron chi connectivity index (χ1n) is 6.56. The fourth-order valence-corrected chi connectivity index (χ4v) is 2.74. The van der Waals surface area contributed by atoms with E-state index in [1.54, 1.807) is 6.92 Å². The summed E-state index contributed by atoms with van der Waals surface area (Å²) in [6.07, 6.45) is -6.92. The third-order valence-electron chi connectivity index (χ3n) is 3.78. The molecule has 21 heavy (non-hydrogen) atoms. The van der Waals surface area contributed by atoms with Gasteiger partial charge >= 0.3 is 6.18 Å². The fraction of sp³-hybridized carbons (Fsp3) is 0.571. The van der Waals surface area contributed by atoms with E-state index >= 15 is 0 Å². The van der Waals surface area contributed by atoms with Crippen LogP contribution in [0.5, 0.6) is 5.75 Å². The summed E-state index contributed by atoms with van der Waals surface area (Å²) in [5.74, 6) is -0.0114. The lowest BCUT2D eigenvalue weighted by Crippen LogP contribution is -2.25. The van der Waals surface area contributed by atoms with E-state index in [9.17, 15) is 27.1 Å². The van der Waals surface area contributed by atoms with Crippen molar-refractivity contribution in [1.82, 2.24) is 0 Å². The number of hydrogen-bond donors (Lipinski definition) is 1. The monoisotopic (exact) mass is 310 g/mol. The molecule has 1 aromatic rings. The molecule has 1 aliphatic rings. The Morgan fingerprint density at radius 1 is 1.33 bits per heavy atom. The number of benzene rings is 1. The van der Waals surface area contributed by atoms with E-state index in [-0.39, 0.29) is 36.1 Å².